The molecule has 1 aromatic heterocycles. The molecule has 0 aliphatic rings. The maximum absolute atomic E-state index is 11.8. The van der Waals surface area contributed by atoms with E-state index in [1.165, 1.54) is 6.20 Å². The van der Waals surface area contributed by atoms with Gasteiger partial charge < -0.3 is 0 Å². The minimum absolute atomic E-state index is 0.293. The van der Waals surface area contributed by atoms with Crippen LogP contribution in [0.4, 0.5) is 10.6 Å². The fraction of sp³-hybridized carbons (Fsp3) is 0.455. The minimum Gasteiger partial charge on any atom is -0.291 e. The fourth-order valence-corrected chi connectivity index (χ4v) is 2.59. The zero-order chi connectivity index (χ0) is 14.5. The smallest absolute Gasteiger partial charge is 0.291 e. The first-order valence-corrected chi connectivity index (χ1v) is 7.34. The molecule has 0 saturated carbocycles. The van der Waals surface area contributed by atoms with Crippen LogP contribution in [0.15, 0.2) is 18.3 Å². The van der Waals surface area contributed by atoms with E-state index in [0.29, 0.717) is 18.9 Å². The summed E-state index contributed by atoms with van der Waals surface area (Å²) < 4.78 is 26.7. The molecule has 2 amide bonds. The number of nitrogens with one attached hydrogen (secondary N) is 2. The summed E-state index contributed by atoms with van der Waals surface area (Å²) >= 11 is 0. The van der Waals surface area contributed by atoms with Crippen molar-refractivity contribution in [2.24, 2.45) is 0 Å². The Bertz CT molecular complexity index is 541. The molecule has 0 bridgehead atoms. The quantitative estimate of drug-likeness (QED) is 0.848. The highest BCUT2D eigenvalue weighted by Crippen LogP contribution is 2.05. The topological polar surface area (TPSA) is 91.4 Å². The molecule has 0 radical (unpaired) electrons. The van der Waals surface area contributed by atoms with E-state index < -0.39 is 16.2 Å². The lowest BCUT2D eigenvalue weighted by molar-refractivity contribution is 0.255. The second-order valence-corrected chi connectivity index (χ2v) is 5.53. The van der Waals surface area contributed by atoms with Crippen LogP contribution in [-0.4, -0.2) is 36.8 Å². The lowest BCUT2D eigenvalue weighted by Crippen LogP contribution is -2.45. The van der Waals surface area contributed by atoms with Crippen molar-refractivity contribution >= 4 is 22.1 Å². The van der Waals surface area contributed by atoms with Crippen molar-refractivity contribution in [1.29, 1.82) is 0 Å². The van der Waals surface area contributed by atoms with Gasteiger partial charge in [0, 0.05) is 19.3 Å². The van der Waals surface area contributed by atoms with Crippen molar-refractivity contribution in [3.63, 3.8) is 0 Å². The number of urea groups is 1. The summed E-state index contributed by atoms with van der Waals surface area (Å²) in [4.78, 5) is 15.5. The number of nitrogens with zero attached hydrogens (tertiary/aromatic N) is 2. The molecule has 0 fully saturated rings. The summed E-state index contributed by atoms with van der Waals surface area (Å²) in [5.41, 5.74) is 0.914. The van der Waals surface area contributed by atoms with E-state index in [2.05, 4.69) is 10.3 Å². The third kappa shape index (κ3) is 4.49. The molecule has 0 atom stereocenters. The Morgan fingerprint density at radius 1 is 1.37 bits per heavy atom. The molecule has 106 valence electrons. The predicted octanol–water partition coefficient (Wildman–Crippen LogP) is 1.10. The Kier molecular flexibility index (Phi) is 5.25. The van der Waals surface area contributed by atoms with Crippen LogP contribution in [0.2, 0.25) is 0 Å². The average Bonchev–Trinajstić information content (AvgIpc) is 2.28. The van der Waals surface area contributed by atoms with Gasteiger partial charge in [-0.15, -0.1) is 0 Å². The molecule has 2 N–H and O–H groups in total. The molecule has 19 heavy (non-hydrogen) atoms. The van der Waals surface area contributed by atoms with Crippen molar-refractivity contribution in [3.05, 3.63) is 23.9 Å². The maximum Gasteiger partial charge on any atom is 0.335 e. The minimum atomic E-state index is -3.81. The molecule has 0 aromatic carbocycles. The number of carbonyl (C=O) groups excluding carboxylic acids is 1. The summed E-state index contributed by atoms with van der Waals surface area (Å²) in [5.74, 6) is 0.298. The molecular formula is C11H18N4O3S. The second-order valence-electron chi connectivity index (χ2n) is 3.86. The van der Waals surface area contributed by atoms with E-state index in [1.807, 2.05) is 11.6 Å². The van der Waals surface area contributed by atoms with Gasteiger partial charge >= 0.3 is 16.2 Å². The lowest BCUT2D eigenvalue weighted by atomic mass is 10.3. The first-order chi connectivity index (χ1) is 8.89. The van der Waals surface area contributed by atoms with E-state index in [9.17, 15) is 13.2 Å². The number of aryl methyl sites for hydroxylation is 1. The Morgan fingerprint density at radius 3 is 2.53 bits per heavy atom. The molecule has 0 unspecified atom stereocenters. The maximum atomic E-state index is 11.8. The van der Waals surface area contributed by atoms with Crippen LogP contribution < -0.4 is 10.0 Å². The lowest BCUT2D eigenvalue weighted by Gasteiger charge is -2.18. The number of hydrogen-bond acceptors (Lipinski definition) is 4. The summed E-state index contributed by atoms with van der Waals surface area (Å²) in [6.07, 6.45) is 1.53. The van der Waals surface area contributed by atoms with E-state index in [0.717, 1.165) is 9.87 Å². The van der Waals surface area contributed by atoms with Gasteiger partial charge in [0.2, 0.25) is 0 Å². The van der Waals surface area contributed by atoms with E-state index in [1.54, 1.807) is 26.0 Å². The third-order valence-corrected chi connectivity index (χ3v) is 4.06. The normalized spacial score (nSPS) is 11.4. The zero-order valence-electron chi connectivity index (χ0n) is 11.2. The van der Waals surface area contributed by atoms with Gasteiger partial charge in [-0.2, -0.15) is 12.7 Å². The Labute approximate surface area is 113 Å². The number of anilines is 1. The highest BCUT2D eigenvalue weighted by Gasteiger charge is 2.21. The SMILES string of the molecule is CCN(CC)S(=O)(=O)NC(=O)Nc1cc(C)ccn1. The molecule has 7 nitrogen and oxygen atoms in total. The van der Waals surface area contributed by atoms with Crippen molar-refractivity contribution in [1.82, 2.24) is 14.0 Å². The van der Waals surface area contributed by atoms with Crippen LogP contribution >= 0.6 is 0 Å². The van der Waals surface area contributed by atoms with Gasteiger partial charge in [-0.1, -0.05) is 13.8 Å². The van der Waals surface area contributed by atoms with E-state index in [4.69, 9.17) is 0 Å². The van der Waals surface area contributed by atoms with Crippen molar-refractivity contribution in [2.45, 2.75) is 20.8 Å². The van der Waals surface area contributed by atoms with Gasteiger partial charge in [-0.3, -0.25) is 5.32 Å². The molecule has 8 heteroatoms. The number of amides is 2. The number of carbonyl (C=O) groups is 1. The highest BCUT2D eigenvalue weighted by molar-refractivity contribution is 7.87. The molecule has 1 heterocycles. The third-order valence-electron chi connectivity index (χ3n) is 2.42. The van der Waals surface area contributed by atoms with Crippen LogP contribution in [0, 0.1) is 6.92 Å². The molecule has 0 aliphatic carbocycles. The van der Waals surface area contributed by atoms with Gasteiger partial charge in [0.1, 0.15) is 5.82 Å². The molecule has 0 aliphatic heterocycles. The Morgan fingerprint density at radius 2 is 2.00 bits per heavy atom. The molecular weight excluding hydrogens is 268 g/mol. The Balaban J connectivity index is 2.70. The fourth-order valence-electron chi connectivity index (χ4n) is 1.49. The standard InChI is InChI=1S/C11H18N4O3S/c1-4-15(5-2)19(17,18)14-11(16)13-10-8-9(3)6-7-12-10/h6-8H,4-5H2,1-3H3,(H2,12,13,14,16). The number of aromatic nitrogens is 1. The van der Waals surface area contributed by atoms with Gasteiger partial charge in [0.15, 0.2) is 0 Å². The van der Waals surface area contributed by atoms with Crippen LogP contribution in [0.3, 0.4) is 0 Å². The van der Waals surface area contributed by atoms with Crippen molar-refractivity contribution < 1.29 is 13.2 Å². The number of pyridine rings is 1. The van der Waals surface area contributed by atoms with Crippen molar-refractivity contribution in [3.8, 4) is 0 Å². The van der Waals surface area contributed by atoms with E-state index >= 15 is 0 Å². The largest absolute Gasteiger partial charge is 0.335 e. The predicted molar refractivity (Wildman–Crippen MR) is 73.0 cm³/mol. The second kappa shape index (κ2) is 6.48. The summed E-state index contributed by atoms with van der Waals surface area (Å²) in [7, 11) is -3.81. The zero-order valence-corrected chi connectivity index (χ0v) is 12.0. The van der Waals surface area contributed by atoms with Gasteiger partial charge in [0.25, 0.3) is 0 Å². The Hall–Kier alpha value is -1.67. The van der Waals surface area contributed by atoms with Gasteiger partial charge in [-0.05, 0) is 24.6 Å². The molecule has 1 aromatic rings. The molecule has 0 spiro atoms. The van der Waals surface area contributed by atoms with Crippen LogP contribution in [0.5, 0.6) is 0 Å². The summed E-state index contributed by atoms with van der Waals surface area (Å²) in [5, 5.41) is 2.37. The van der Waals surface area contributed by atoms with Crippen LogP contribution in [-0.2, 0) is 10.2 Å². The first-order valence-electron chi connectivity index (χ1n) is 5.90. The highest BCUT2D eigenvalue weighted by atomic mass is 32.2. The summed E-state index contributed by atoms with van der Waals surface area (Å²) in [6.45, 7) is 5.83. The average molecular weight is 286 g/mol. The number of rotatable bonds is 5. The van der Waals surface area contributed by atoms with Crippen molar-refractivity contribution in [2.75, 3.05) is 18.4 Å². The van der Waals surface area contributed by atoms with Crippen LogP contribution in [0.25, 0.3) is 0 Å². The molecule has 0 saturated heterocycles. The van der Waals surface area contributed by atoms with E-state index in [-0.39, 0.29) is 0 Å². The monoisotopic (exact) mass is 286 g/mol. The van der Waals surface area contributed by atoms with Gasteiger partial charge in [-0.25, -0.2) is 14.5 Å². The number of hydrogen-bond donors (Lipinski definition) is 2. The van der Waals surface area contributed by atoms with Crippen LogP contribution in [0.1, 0.15) is 19.4 Å². The summed E-state index contributed by atoms with van der Waals surface area (Å²) in [6, 6.07) is 2.59. The van der Waals surface area contributed by atoms with Gasteiger partial charge in [0.05, 0.1) is 0 Å². The first kappa shape index (κ1) is 15.4. The molecule has 1 rings (SSSR count).